The summed E-state index contributed by atoms with van der Waals surface area (Å²) in [6.45, 7) is 0. The molecule has 0 fully saturated rings. The van der Waals surface area contributed by atoms with Crippen LogP contribution in [-0.2, 0) is 0 Å². The normalized spacial score (nSPS) is 50.2. The molecule has 0 amide bonds. The van der Waals surface area contributed by atoms with Crippen molar-refractivity contribution in [2.45, 2.75) is 6.42 Å². The van der Waals surface area contributed by atoms with Gasteiger partial charge in [0.1, 0.15) is 0 Å². The average molecular weight is 144 g/mol. The van der Waals surface area contributed by atoms with Crippen LogP contribution in [0.3, 0.4) is 0 Å². The lowest BCUT2D eigenvalue weighted by molar-refractivity contribution is 0.333. The molecule has 3 aliphatic carbocycles. The molecule has 0 saturated carbocycles. The molecule has 2 bridgehead atoms. The fourth-order valence-electron chi connectivity index (χ4n) is 2.60. The first-order valence-electron chi connectivity index (χ1n) is 4.48. The highest BCUT2D eigenvalue weighted by atomic mass is 14.4. The van der Waals surface area contributed by atoms with Gasteiger partial charge in [-0.2, -0.15) is 0 Å². The second-order valence-corrected chi connectivity index (χ2v) is 3.87. The molecule has 2 unspecified atom stereocenters. The van der Waals surface area contributed by atoms with Gasteiger partial charge in [-0.05, 0) is 30.1 Å². The summed E-state index contributed by atoms with van der Waals surface area (Å²) in [5, 5.41) is 0. The molecule has 11 heavy (non-hydrogen) atoms. The highest BCUT2D eigenvalue weighted by Crippen LogP contribution is 2.44. The Morgan fingerprint density at radius 1 is 0.727 bits per heavy atom. The average Bonchev–Trinajstić information content (AvgIpc) is 2.48. The van der Waals surface area contributed by atoms with E-state index >= 15 is 0 Å². The van der Waals surface area contributed by atoms with Crippen LogP contribution < -0.4 is 0 Å². The van der Waals surface area contributed by atoms with Crippen LogP contribution in [0.5, 0.6) is 0 Å². The molecule has 0 nitrogen and oxygen atoms in total. The van der Waals surface area contributed by atoms with E-state index in [9.17, 15) is 0 Å². The van der Waals surface area contributed by atoms with Gasteiger partial charge >= 0.3 is 0 Å². The predicted octanol–water partition coefficient (Wildman–Crippen LogP) is 2.55. The van der Waals surface area contributed by atoms with Crippen LogP contribution in [-0.4, -0.2) is 0 Å². The summed E-state index contributed by atoms with van der Waals surface area (Å²) in [6.07, 6.45) is 15.6. The Morgan fingerprint density at radius 2 is 1.27 bits per heavy atom. The lowest BCUT2D eigenvalue weighted by Crippen LogP contribution is -2.23. The fourth-order valence-corrected chi connectivity index (χ4v) is 2.60. The molecule has 0 spiro atoms. The number of hydrogen-bond donors (Lipinski definition) is 0. The largest absolute Gasteiger partial charge is 0.0810 e. The van der Waals surface area contributed by atoms with Gasteiger partial charge in [-0.15, -0.1) is 0 Å². The molecule has 0 heteroatoms. The lowest BCUT2D eigenvalue weighted by Gasteiger charge is -2.32. The molecule has 56 valence electrons. The first-order valence-corrected chi connectivity index (χ1v) is 4.48. The third-order valence-corrected chi connectivity index (χ3v) is 3.25. The molecular formula is C11H12. The standard InChI is InChI=1S/C11H12/c1-3-9-5-6-10-4-2-8(1)7-11(9)10/h1-6,8-11H,7H2/t8?,9-,10+,11?. The zero-order valence-corrected chi connectivity index (χ0v) is 6.48. The molecule has 0 N–H and O–H groups in total. The van der Waals surface area contributed by atoms with Crippen molar-refractivity contribution < 1.29 is 0 Å². The van der Waals surface area contributed by atoms with Crippen molar-refractivity contribution in [2.24, 2.45) is 23.7 Å². The van der Waals surface area contributed by atoms with Gasteiger partial charge in [-0.25, -0.2) is 0 Å². The van der Waals surface area contributed by atoms with Gasteiger partial charge in [0.2, 0.25) is 0 Å². The Labute approximate surface area is 67.3 Å². The third kappa shape index (κ3) is 0.699. The first kappa shape index (κ1) is 5.82. The van der Waals surface area contributed by atoms with Crippen molar-refractivity contribution in [1.82, 2.24) is 0 Å². The molecule has 0 aromatic rings. The van der Waals surface area contributed by atoms with Gasteiger partial charge < -0.3 is 0 Å². The predicted molar refractivity (Wildman–Crippen MR) is 46.0 cm³/mol. The summed E-state index contributed by atoms with van der Waals surface area (Å²) in [6, 6.07) is 0. The number of allylic oxidation sites excluding steroid dienone is 6. The highest BCUT2D eigenvalue weighted by Gasteiger charge is 2.34. The maximum absolute atomic E-state index is 2.39. The minimum absolute atomic E-state index is 0.757. The zero-order chi connectivity index (χ0) is 7.26. The maximum atomic E-state index is 2.39. The Morgan fingerprint density at radius 3 is 1.91 bits per heavy atom. The van der Waals surface area contributed by atoms with Crippen LogP contribution in [0.2, 0.25) is 0 Å². The van der Waals surface area contributed by atoms with Gasteiger partial charge in [-0.1, -0.05) is 36.5 Å². The molecular weight excluding hydrogens is 132 g/mol. The Bertz CT molecular complexity index is 233. The monoisotopic (exact) mass is 144 g/mol. The van der Waals surface area contributed by atoms with Crippen LogP contribution in [0.25, 0.3) is 0 Å². The van der Waals surface area contributed by atoms with E-state index in [1.807, 2.05) is 0 Å². The second kappa shape index (κ2) is 1.88. The van der Waals surface area contributed by atoms with Gasteiger partial charge in [0.05, 0.1) is 0 Å². The molecule has 3 aliphatic rings. The van der Waals surface area contributed by atoms with Gasteiger partial charge in [-0.3, -0.25) is 0 Å². The molecule has 3 rings (SSSR count). The zero-order valence-electron chi connectivity index (χ0n) is 6.48. The molecule has 0 heterocycles. The third-order valence-electron chi connectivity index (χ3n) is 3.25. The molecule has 0 aromatic heterocycles. The molecule has 4 atom stereocenters. The number of hydrogen-bond acceptors (Lipinski definition) is 0. The van der Waals surface area contributed by atoms with Crippen LogP contribution in [0.15, 0.2) is 36.5 Å². The highest BCUT2D eigenvalue weighted by molar-refractivity contribution is 5.26. The topological polar surface area (TPSA) is 0 Å². The number of fused-ring (bicyclic) bond motifs is 1. The van der Waals surface area contributed by atoms with E-state index in [0.717, 1.165) is 23.7 Å². The molecule has 0 aromatic carbocycles. The van der Waals surface area contributed by atoms with E-state index in [-0.39, 0.29) is 0 Å². The Balaban J connectivity index is 2.11. The van der Waals surface area contributed by atoms with Crippen molar-refractivity contribution in [1.29, 1.82) is 0 Å². The summed E-state index contributed by atoms with van der Waals surface area (Å²) >= 11 is 0. The van der Waals surface area contributed by atoms with Gasteiger partial charge in [0.25, 0.3) is 0 Å². The van der Waals surface area contributed by atoms with Crippen LogP contribution in [0.4, 0.5) is 0 Å². The fraction of sp³-hybridized carbons (Fsp3) is 0.455. The van der Waals surface area contributed by atoms with Crippen LogP contribution in [0, 0.1) is 23.7 Å². The maximum Gasteiger partial charge on any atom is -0.00158 e. The quantitative estimate of drug-likeness (QED) is 0.458. The van der Waals surface area contributed by atoms with E-state index in [1.165, 1.54) is 6.42 Å². The Kier molecular flexibility index (Phi) is 0.993. The van der Waals surface area contributed by atoms with Crippen molar-refractivity contribution >= 4 is 0 Å². The SMILES string of the molecule is C1=C[C@@H]2C=C[C@@H]3C=CC1CC23. The first-order chi connectivity index (χ1) is 5.43. The second-order valence-electron chi connectivity index (χ2n) is 3.87. The summed E-state index contributed by atoms with van der Waals surface area (Å²) in [7, 11) is 0. The summed E-state index contributed by atoms with van der Waals surface area (Å²) in [5.74, 6) is 3.20. The van der Waals surface area contributed by atoms with E-state index in [0.29, 0.717) is 0 Å². The van der Waals surface area contributed by atoms with E-state index < -0.39 is 0 Å². The van der Waals surface area contributed by atoms with E-state index in [1.54, 1.807) is 0 Å². The smallest absolute Gasteiger partial charge is 0.00158 e. The van der Waals surface area contributed by atoms with Crippen LogP contribution >= 0.6 is 0 Å². The minimum Gasteiger partial charge on any atom is -0.0810 e. The lowest BCUT2D eigenvalue weighted by atomic mass is 9.73. The molecule has 0 saturated heterocycles. The van der Waals surface area contributed by atoms with Crippen molar-refractivity contribution in [3.63, 3.8) is 0 Å². The molecule has 0 aliphatic heterocycles. The van der Waals surface area contributed by atoms with E-state index in [4.69, 9.17) is 0 Å². The number of rotatable bonds is 0. The summed E-state index contributed by atoms with van der Waals surface area (Å²) in [4.78, 5) is 0. The summed E-state index contributed by atoms with van der Waals surface area (Å²) in [5.41, 5.74) is 0. The molecule has 0 radical (unpaired) electrons. The Hall–Kier alpha value is -0.780. The van der Waals surface area contributed by atoms with Crippen molar-refractivity contribution in [3.8, 4) is 0 Å². The van der Waals surface area contributed by atoms with Crippen molar-refractivity contribution in [3.05, 3.63) is 36.5 Å². The van der Waals surface area contributed by atoms with Crippen molar-refractivity contribution in [2.75, 3.05) is 0 Å². The van der Waals surface area contributed by atoms with Gasteiger partial charge in [0.15, 0.2) is 0 Å². The minimum atomic E-state index is 0.757. The van der Waals surface area contributed by atoms with Crippen LogP contribution in [0.1, 0.15) is 6.42 Å². The van der Waals surface area contributed by atoms with E-state index in [2.05, 4.69) is 36.5 Å². The van der Waals surface area contributed by atoms with Gasteiger partial charge in [0, 0.05) is 0 Å². The summed E-state index contributed by atoms with van der Waals surface area (Å²) < 4.78 is 0.